The highest BCUT2D eigenvalue weighted by molar-refractivity contribution is 8.00. The Bertz CT molecular complexity index is 1170. The number of hydrogen-bond donors (Lipinski definition) is 4. The highest BCUT2D eigenvalue weighted by atomic mass is 32.2. The van der Waals surface area contributed by atoms with Crippen molar-refractivity contribution in [3.8, 4) is 5.75 Å². The minimum absolute atomic E-state index is 0.0205. The van der Waals surface area contributed by atoms with E-state index in [0.717, 1.165) is 12.0 Å². The number of rotatable bonds is 10. The molecule has 1 aliphatic rings. The largest absolute Gasteiger partial charge is 0.508 e. The first kappa shape index (κ1) is 29.3. The number of nitrogens with one attached hydrogen (secondary N) is 2. The number of thioether (sulfide) groups is 1. The van der Waals surface area contributed by atoms with E-state index in [4.69, 9.17) is 0 Å². The van der Waals surface area contributed by atoms with Crippen molar-refractivity contribution in [3.63, 3.8) is 0 Å². The second kappa shape index (κ2) is 13.0. The summed E-state index contributed by atoms with van der Waals surface area (Å²) in [5, 5.41) is 27.0. The van der Waals surface area contributed by atoms with Crippen LogP contribution in [0.1, 0.15) is 48.7 Å². The van der Waals surface area contributed by atoms with Crippen LogP contribution >= 0.6 is 11.8 Å². The third-order valence-electron chi connectivity index (χ3n) is 6.67. The molecular weight excluding hydrogens is 502 g/mol. The fourth-order valence-electron chi connectivity index (χ4n) is 4.49. The molecule has 1 aliphatic heterocycles. The van der Waals surface area contributed by atoms with E-state index in [1.54, 1.807) is 19.1 Å². The molecule has 1 heterocycles. The van der Waals surface area contributed by atoms with Crippen LogP contribution in [-0.2, 0) is 16.0 Å². The van der Waals surface area contributed by atoms with Gasteiger partial charge in [0.1, 0.15) is 11.8 Å². The zero-order valence-electron chi connectivity index (χ0n) is 22.3. The maximum absolute atomic E-state index is 13.7. The number of hydrogen-bond acceptors (Lipinski definition) is 6. The van der Waals surface area contributed by atoms with E-state index in [-0.39, 0.29) is 29.5 Å². The first-order chi connectivity index (χ1) is 18.1. The second-order valence-electron chi connectivity index (χ2n) is 9.88. The smallest absolute Gasteiger partial charge is 0.254 e. The molecular formula is C29H37N3O5S. The van der Waals surface area contributed by atoms with Crippen molar-refractivity contribution in [2.24, 2.45) is 0 Å². The Hall–Kier alpha value is -3.30. The Morgan fingerprint density at radius 3 is 2.53 bits per heavy atom. The summed E-state index contributed by atoms with van der Waals surface area (Å²) in [5.41, 5.74) is 1.47. The number of aliphatic hydroxyl groups is 1. The van der Waals surface area contributed by atoms with Gasteiger partial charge in [0.15, 0.2) is 6.10 Å². The third kappa shape index (κ3) is 6.96. The molecule has 1 saturated heterocycles. The Morgan fingerprint density at radius 1 is 1.13 bits per heavy atom. The fraction of sp³-hybridized carbons (Fsp3) is 0.414. The van der Waals surface area contributed by atoms with Crippen LogP contribution in [-0.4, -0.2) is 68.2 Å². The number of aromatic hydroxyl groups is 1. The first-order valence-electron chi connectivity index (χ1n) is 12.8. The number of phenolic OH excluding ortho intramolecular Hbond substituents is 1. The molecule has 0 radical (unpaired) electrons. The highest BCUT2D eigenvalue weighted by Crippen LogP contribution is 2.39. The minimum Gasteiger partial charge on any atom is -0.508 e. The molecule has 4 N–H and O–H groups in total. The van der Waals surface area contributed by atoms with Crippen LogP contribution in [0.3, 0.4) is 0 Å². The van der Waals surface area contributed by atoms with E-state index in [1.807, 2.05) is 63.3 Å². The summed E-state index contributed by atoms with van der Waals surface area (Å²) >= 11 is 1.46. The summed E-state index contributed by atoms with van der Waals surface area (Å²) in [6.45, 7) is 7.78. The van der Waals surface area contributed by atoms with E-state index in [1.165, 1.54) is 22.7 Å². The zero-order chi connectivity index (χ0) is 27.9. The summed E-state index contributed by atoms with van der Waals surface area (Å²) in [5.74, 6) is -1.21. The van der Waals surface area contributed by atoms with Crippen LogP contribution in [0, 0.1) is 6.92 Å². The Kier molecular flexibility index (Phi) is 9.99. The van der Waals surface area contributed by atoms with Gasteiger partial charge >= 0.3 is 0 Å². The molecule has 1 fully saturated rings. The number of amides is 3. The van der Waals surface area contributed by atoms with Crippen LogP contribution in [0.4, 0.5) is 0 Å². The Morgan fingerprint density at radius 2 is 1.84 bits per heavy atom. The second-order valence-corrected chi connectivity index (χ2v) is 11.5. The van der Waals surface area contributed by atoms with Crippen molar-refractivity contribution >= 4 is 29.5 Å². The number of benzene rings is 2. The maximum Gasteiger partial charge on any atom is 0.254 e. The molecule has 0 aliphatic carbocycles. The van der Waals surface area contributed by atoms with Gasteiger partial charge in [0, 0.05) is 22.4 Å². The average Bonchev–Trinajstić information content (AvgIpc) is 3.22. The number of carbonyl (C=O) groups is 3. The van der Waals surface area contributed by atoms with Gasteiger partial charge in [0.2, 0.25) is 5.91 Å². The van der Waals surface area contributed by atoms with Crippen molar-refractivity contribution in [2.45, 2.75) is 63.5 Å². The quantitative estimate of drug-likeness (QED) is 0.345. The van der Waals surface area contributed by atoms with Gasteiger partial charge in [-0.1, -0.05) is 55.5 Å². The molecule has 0 spiro atoms. The van der Waals surface area contributed by atoms with Crippen molar-refractivity contribution < 1.29 is 24.6 Å². The monoisotopic (exact) mass is 539 g/mol. The van der Waals surface area contributed by atoms with Gasteiger partial charge in [-0.3, -0.25) is 14.4 Å². The van der Waals surface area contributed by atoms with E-state index >= 15 is 0 Å². The number of allylic oxidation sites excluding steroid dienone is 1. The molecule has 8 nitrogen and oxygen atoms in total. The van der Waals surface area contributed by atoms with Crippen LogP contribution in [0.5, 0.6) is 5.75 Å². The van der Waals surface area contributed by atoms with Crippen LogP contribution in [0.25, 0.3) is 0 Å². The fourth-order valence-corrected chi connectivity index (χ4v) is 5.63. The predicted molar refractivity (Wildman–Crippen MR) is 150 cm³/mol. The summed E-state index contributed by atoms with van der Waals surface area (Å²) in [4.78, 5) is 41.4. The van der Waals surface area contributed by atoms with Crippen molar-refractivity contribution in [1.29, 1.82) is 0 Å². The molecule has 0 saturated carbocycles. The minimum atomic E-state index is -1.60. The number of carbonyl (C=O) groups excluding carboxylic acids is 3. The molecule has 0 aromatic heterocycles. The van der Waals surface area contributed by atoms with Crippen LogP contribution in [0.15, 0.2) is 60.7 Å². The van der Waals surface area contributed by atoms with Gasteiger partial charge < -0.3 is 25.7 Å². The number of aliphatic hydroxyl groups excluding tert-OH is 1. The molecule has 3 amide bonds. The average molecular weight is 540 g/mol. The van der Waals surface area contributed by atoms with Crippen molar-refractivity contribution in [3.05, 3.63) is 77.4 Å². The lowest BCUT2D eigenvalue weighted by atomic mass is 9.96. The Labute approximate surface area is 228 Å². The van der Waals surface area contributed by atoms with E-state index in [0.29, 0.717) is 12.1 Å². The lowest BCUT2D eigenvalue weighted by Gasteiger charge is -2.33. The van der Waals surface area contributed by atoms with Gasteiger partial charge in [-0.25, -0.2) is 0 Å². The van der Waals surface area contributed by atoms with Crippen molar-refractivity contribution in [1.82, 2.24) is 15.5 Å². The first-order valence-corrected chi connectivity index (χ1v) is 13.7. The molecule has 3 rings (SSSR count). The molecule has 204 valence electrons. The molecule has 0 unspecified atom stereocenters. The summed E-state index contributed by atoms with van der Waals surface area (Å²) in [7, 11) is 0. The third-order valence-corrected chi connectivity index (χ3v) is 8.05. The molecule has 2 aromatic rings. The van der Waals surface area contributed by atoms with Gasteiger partial charge in [0.25, 0.3) is 11.8 Å². The number of phenols is 1. The van der Waals surface area contributed by atoms with Crippen molar-refractivity contribution in [2.75, 3.05) is 12.4 Å². The van der Waals surface area contributed by atoms with Gasteiger partial charge in [-0.2, -0.15) is 0 Å². The summed E-state index contributed by atoms with van der Waals surface area (Å²) in [6.07, 6.45) is 3.27. The van der Waals surface area contributed by atoms with Gasteiger partial charge in [0.05, 0.1) is 11.9 Å². The van der Waals surface area contributed by atoms with E-state index < -0.39 is 34.7 Å². The molecule has 9 heteroatoms. The summed E-state index contributed by atoms with van der Waals surface area (Å²) in [6, 6.07) is 12.1. The summed E-state index contributed by atoms with van der Waals surface area (Å²) < 4.78 is -0.565. The molecule has 38 heavy (non-hydrogen) atoms. The van der Waals surface area contributed by atoms with E-state index in [2.05, 4.69) is 10.6 Å². The lowest BCUT2D eigenvalue weighted by molar-refractivity contribution is -0.147. The number of nitrogens with zero attached hydrogens (tertiary/aromatic N) is 1. The van der Waals surface area contributed by atoms with Gasteiger partial charge in [-0.15, -0.1) is 11.8 Å². The van der Waals surface area contributed by atoms with Crippen LogP contribution < -0.4 is 10.6 Å². The molecule has 3 atom stereocenters. The molecule has 0 bridgehead atoms. The maximum atomic E-state index is 13.7. The van der Waals surface area contributed by atoms with Gasteiger partial charge in [-0.05, 0) is 51.3 Å². The SMILES string of the molecule is CC/C=C/CNC(=O)[C@H]1N(C(=O)[C@@H](O)[C@H](Cc2ccccc2)NC(=O)c2cccc(O)c2C)CSC1(C)C. The van der Waals surface area contributed by atoms with Crippen LogP contribution in [0.2, 0.25) is 0 Å². The predicted octanol–water partition coefficient (Wildman–Crippen LogP) is 3.17. The normalized spacial score (nSPS) is 18.2. The lowest BCUT2D eigenvalue weighted by Crippen LogP contribution is -2.58. The topological polar surface area (TPSA) is 119 Å². The standard InChI is InChI=1S/C29H37N3O5S/c1-5-6-10-16-30-27(36)25-29(3,4)38-18-32(25)28(37)24(34)22(17-20-12-8-7-9-13-20)31-26(35)21-14-11-15-23(33)19(21)2/h6-15,22,24-25,33-34H,5,16-18H2,1-4H3,(H,30,36)(H,31,35)/b10-6+/t22-,24-,25+/m0/s1. The van der Waals surface area contributed by atoms with E-state index in [9.17, 15) is 24.6 Å². The Balaban J connectivity index is 1.85. The zero-order valence-corrected chi connectivity index (χ0v) is 23.1. The highest BCUT2D eigenvalue weighted by Gasteiger charge is 2.49. The molecule has 2 aromatic carbocycles.